The van der Waals surface area contributed by atoms with Gasteiger partial charge in [0, 0.05) is 5.69 Å². The number of nitrogens with two attached hydrogens (primary N) is 1. The highest BCUT2D eigenvalue weighted by Crippen LogP contribution is 2.43. The molecule has 1 heterocycles. The van der Waals surface area contributed by atoms with Gasteiger partial charge in [0.25, 0.3) is 0 Å². The van der Waals surface area contributed by atoms with Gasteiger partial charge in [-0.3, -0.25) is 14.5 Å². The van der Waals surface area contributed by atoms with E-state index in [9.17, 15) is 14.0 Å². The highest BCUT2D eigenvalue weighted by atomic mass is 19.1. The van der Waals surface area contributed by atoms with Crippen molar-refractivity contribution in [2.45, 2.75) is 26.3 Å². The highest BCUT2D eigenvalue weighted by molar-refractivity contribution is 6.05. The molecule has 106 valence electrons. The normalized spacial score (nSPS) is 29.1. The molecule has 2 fully saturated rings. The number of anilines is 1. The van der Waals surface area contributed by atoms with Crippen LogP contribution < -0.4 is 5.73 Å². The smallest absolute Gasteiger partial charge is 0.233 e. The lowest BCUT2D eigenvalue weighted by atomic mass is 10.00. The standard InChI is InChI=1S/C15H17FN2O2/c1-8-2-12-13(3-8)15(20)18(14(12)19)7-9-4-10(16)6-11(17)5-9/h4-6,8,12-13H,2-3,7,17H2,1H3. The summed E-state index contributed by atoms with van der Waals surface area (Å²) in [6.07, 6.45) is 1.55. The number of nitrogen functional groups attached to an aromatic ring is 1. The van der Waals surface area contributed by atoms with Gasteiger partial charge < -0.3 is 5.73 Å². The van der Waals surface area contributed by atoms with Crippen LogP contribution in [0.25, 0.3) is 0 Å². The molecular weight excluding hydrogens is 259 g/mol. The summed E-state index contributed by atoms with van der Waals surface area (Å²) in [6.45, 7) is 2.18. The van der Waals surface area contributed by atoms with E-state index in [1.54, 1.807) is 6.07 Å². The van der Waals surface area contributed by atoms with Crippen LogP contribution in [0, 0.1) is 23.6 Å². The molecule has 0 radical (unpaired) electrons. The van der Waals surface area contributed by atoms with Crippen LogP contribution in [-0.4, -0.2) is 16.7 Å². The fraction of sp³-hybridized carbons (Fsp3) is 0.467. The van der Waals surface area contributed by atoms with Crippen molar-refractivity contribution in [1.82, 2.24) is 4.90 Å². The van der Waals surface area contributed by atoms with Crippen LogP contribution in [0.15, 0.2) is 18.2 Å². The zero-order chi connectivity index (χ0) is 14.4. The third-order valence-electron chi connectivity index (χ3n) is 4.29. The largest absolute Gasteiger partial charge is 0.399 e. The Bertz CT molecular complexity index is 543. The maximum Gasteiger partial charge on any atom is 0.233 e. The Morgan fingerprint density at radius 2 is 1.80 bits per heavy atom. The van der Waals surface area contributed by atoms with Crippen LogP contribution >= 0.6 is 0 Å². The lowest BCUT2D eigenvalue weighted by Crippen LogP contribution is -2.31. The van der Waals surface area contributed by atoms with E-state index in [0.29, 0.717) is 17.2 Å². The quantitative estimate of drug-likeness (QED) is 0.663. The first kappa shape index (κ1) is 13.1. The van der Waals surface area contributed by atoms with Gasteiger partial charge in [-0.25, -0.2) is 4.39 Å². The molecule has 2 amide bonds. The molecule has 4 nitrogen and oxygen atoms in total. The lowest BCUT2D eigenvalue weighted by molar-refractivity contribution is -0.141. The van der Waals surface area contributed by atoms with E-state index in [0.717, 1.165) is 12.8 Å². The number of hydrogen-bond acceptors (Lipinski definition) is 3. The summed E-state index contributed by atoms with van der Waals surface area (Å²) < 4.78 is 13.3. The average Bonchev–Trinajstić information content (AvgIpc) is 2.83. The molecule has 2 aliphatic rings. The molecular formula is C15H17FN2O2. The third-order valence-corrected chi connectivity index (χ3v) is 4.29. The summed E-state index contributed by atoms with van der Waals surface area (Å²) in [6, 6.07) is 4.13. The van der Waals surface area contributed by atoms with Gasteiger partial charge in [-0.1, -0.05) is 6.92 Å². The third kappa shape index (κ3) is 2.07. The molecule has 0 aromatic heterocycles. The number of nitrogens with zero attached hydrogens (tertiary/aromatic N) is 1. The number of benzene rings is 1. The summed E-state index contributed by atoms with van der Waals surface area (Å²) in [5.74, 6) is -0.621. The van der Waals surface area contributed by atoms with E-state index < -0.39 is 5.82 Å². The Morgan fingerprint density at radius 3 is 2.35 bits per heavy atom. The van der Waals surface area contributed by atoms with Crippen LogP contribution in [0.2, 0.25) is 0 Å². The Kier molecular flexibility index (Phi) is 3.00. The molecule has 2 unspecified atom stereocenters. The number of likely N-dealkylation sites (tertiary alicyclic amines) is 1. The van der Waals surface area contributed by atoms with Gasteiger partial charge in [-0.15, -0.1) is 0 Å². The number of rotatable bonds is 2. The first-order valence-corrected chi connectivity index (χ1v) is 6.86. The average molecular weight is 276 g/mol. The molecule has 1 aliphatic carbocycles. The Balaban J connectivity index is 1.82. The molecule has 1 aromatic carbocycles. The molecule has 0 spiro atoms. The van der Waals surface area contributed by atoms with Gasteiger partial charge in [-0.05, 0) is 42.5 Å². The second kappa shape index (κ2) is 4.58. The second-order valence-electron chi connectivity index (χ2n) is 5.94. The molecule has 3 rings (SSSR count). The molecule has 2 N–H and O–H groups in total. The summed E-state index contributed by atoms with van der Waals surface area (Å²) in [5, 5.41) is 0. The number of carbonyl (C=O) groups is 2. The lowest BCUT2D eigenvalue weighted by Gasteiger charge is -2.17. The van der Waals surface area contributed by atoms with Gasteiger partial charge in [-0.2, -0.15) is 0 Å². The Labute approximate surface area is 116 Å². The van der Waals surface area contributed by atoms with Gasteiger partial charge in [0.2, 0.25) is 11.8 Å². The predicted molar refractivity (Wildman–Crippen MR) is 71.7 cm³/mol. The maximum atomic E-state index is 13.3. The maximum absolute atomic E-state index is 13.3. The second-order valence-corrected chi connectivity index (χ2v) is 5.94. The van der Waals surface area contributed by atoms with E-state index in [-0.39, 0.29) is 30.2 Å². The summed E-state index contributed by atoms with van der Waals surface area (Å²) in [4.78, 5) is 25.9. The number of imide groups is 1. The van der Waals surface area contributed by atoms with Crippen molar-refractivity contribution >= 4 is 17.5 Å². The summed E-state index contributed by atoms with van der Waals surface area (Å²) >= 11 is 0. The minimum Gasteiger partial charge on any atom is -0.399 e. The summed E-state index contributed by atoms with van der Waals surface area (Å²) in [7, 11) is 0. The molecule has 2 atom stereocenters. The molecule has 5 heteroatoms. The topological polar surface area (TPSA) is 63.4 Å². The molecule has 0 bridgehead atoms. The van der Waals surface area contributed by atoms with Crippen molar-refractivity contribution in [2.24, 2.45) is 17.8 Å². The Hall–Kier alpha value is -1.91. The van der Waals surface area contributed by atoms with Gasteiger partial charge in [0.15, 0.2) is 0 Å². The van der Waals surface area contributed by atoms with Crippen molar-refractivity contribution in [3.05, 3.63) is 29.6 Å². The van der Waals surface area contributed by atoms with E-state index in [4.69, 9.17) is 5.73 Å². The molecule has 20 heavy (non-hydrogen) atoms. The van der Waals surface area contributed by atoms with E-state index in [1.807, 2.05) is 0 Å². The van der Waals surface area contributed by atoms with E-state index in [2.05, 4.69) is 6.92 Å². The monoisotopic (exact) mass is 276 g/mol. The van der Waals surface area contributed by atoms with Crippen LogP contribution in [0.4, 0.5) is 10.1 Å². The molecule has 1 saturated heterocycles. The van der Waals surface area contributed by atoms with Crippen molar-refractivity contribution in [1.29, 1.82) is 0 Å². The number of carbonyl (C=O) groups excluding carboxylic acids is 2. The minimum atomic E-state index is -0.451. The molecule has 1 aliphatic heterocycles. The SMILES string of the molecule is CC1CC2C(=O)N(Cc3cc(N)cc(F)c3)C(=O)C2C1. The van der Waals surface area contributed by atoms with Gasteiger partial charge in [0.05, 0.1) is 18.4 Å². The number of hydrogen-bond donors (Lipinski definition) is 1. The van der Waals surface area contributed by atoms with Crippen LogP contribution in [0.5, 0.6) is 0 Å². The fourth-order valence-corrected chi connectivity index (χ4v) is 3.45. The fourth-order valence-electron chi connectivity index (χ4n) is 3.45. The van der Waals surface area contributed by atoms with Crippen LogP contribution in [-0.2, 0) is 16.1 Å². The first-order valence-electron chi connectivity index (χ1n) is 6.86. The predicted octanol–water partition coefficient (Wildman–Crippen LogP) is 1.94. The first-order chi connectivity index (χ1) is 9.45. The molecule has 1 saturated carbocycles. The van der Waals surface area contributed by atoms with Crippen molar-refractivity contribution < 1.29 is 14.0 Å². The van der Waals surface area contributed by atoms with Crippen molar-refractivity contribution in [3.8, 4) is 0 Å². The van der Waals surface area contributed by atoms with E-state index >= 15 is 0 Å². The summed E-state index contributed by atoms with van der Waals surface area (Å²) in [5.41, 5.74) is 6.44. The van der Waals surface area contributed by atoms with Crippen molar-refractivity contribution in [3.63, 3.8) is 0 Å². The van der Waals surface area contributed by atoms with Gasteiger partial charge in [0.1, 0.15) is 5.82 Å². The van der Waals surface area contributed by atoms with E-state index in [1.165, 1.54) is 17.0 Å². The zero-order valence-corrected chi connectivity index (χ0v) is 11.3. The highest BCUT2D eigenvalue weighted by Gasteiger charge is 2.51. The van der Waals surface area contributed by atoms with Crippen LogP contribution in [0.3, 0.4) is 0 Å². The minimum absolute atomic E-state index is 0.112. The number of fused-ring (bicyclic) bond motifs is 1. The van der Waals surface area contributed by atoms with Crippen LogP contribution in [0.1, 0.15) is 25.3 Å². The molecule has 1 aromatic rings. The van der Waals surface area contributed by atoms with Crippen molar-refractivity contribution in [2.75, 3.05) is 5.73 Å². The zero-order valence-electron chi connectivity index (χ0n) is 11.3. The number of halogens is 1. The van der Waals surface area contributed by atoms with Gasteiger partial charge >= 0.3 is 0 Å². The Morgan fingerprint density at radius 1 is 1.20 bits per heavy atom. The number of amides is 2.